The molecule has 4 aromatic rings. The summed E-state index contributed by atoms with van der Waals surface area (Å²) in [6, 6.07) is 43.0. The summed E-state index contributed by atoms with van der Waals surface area (Å²) in [7, 11) is -1.02. The Morgan fingerprint density at radius 3 is 1.03 bits per heavy atom. The van der Waals surface area contributed by atoms with Gasteiger partial charge < -0.3 is 4.90 Å². The average molecular weight is 484 g/mol. The van der Waals surface area contributed by atoms with Crippen LogP contribution in [0.4, 0.5) is 0 Å². The summed E-state index contributed by atoms with van der Waals surface area (Å²) in [4.78, 5) is 14.7. The second-order valence-corrected chi connectivity index (χ2v) is 12.8. The van der Waals surface area contributed by atoms with Crippen LogP contribution in [0.5, 0.6) is 0 Å². The van der Waals surface area contributed by atoms with Crippen LogP contribution in [0.2, 0.25) is 0 Å². The molecule has 0 bridgehead atoms. The molecule has 0 fully saturated rings. The molecular weight excluding hydrogens is 452 g/mol. The smallest absolute Gasteiger partial charge is 0.219 e. The van der Waals surface area contributed by atoms with Crippen LogP contribution < -0.4 is 21.2 Å². The molecule has 0 aliphatic carbocycles. The van der Waals surface area contributed by atoms with Gasteiger partial charge in [-0.15, -0.1) is 0 Å². The van der Waals surface area contributed by atoms with E-state index in [9.17, 15) is 4.79 Å². The molecule has 4 aromatic carbocycles. The molecule has 0 aromatic heterocycles. The predicted molar refractivity (Wildman–Crippen MR) is 150 cm³/mol. The number of rotatable bonds is 10. The molecule has 0 radical (unpaired) electrons. The van der Waals surface area contributed by atoms with E-state index in [4.69, 9.17) is 0 Å². The first-order valence-electron chi connectivity index (χ1n) is 11.7. The number of carbonyl (C=O) groups is 1. The van der Waals surface area contributed by atoms with Gasteiger partial charge in [-0.1, -0.05) is 121 Å². The summed E-state index contributed by atoms with van der Waals surface area (Å²) in [6.45, 7) is 3.26. The van der Waals surface area contributed by atoms with Crippen molar-refractivity contribution in [3.05, 3.63) is 121 Å². The maximum Gasteiger partial charge on any atom is 0.219 e. The molecule has 1 amide bonds. The van der Waals surface area contributed by atoms with E-state index in [-0.39, 0.29) is 5.91 Å². The lowest BCUT2D eigenvalue weighted by atomic mass is 10.4. The van der Waals surface area contributed by atoms with Crippen molar-refractivity contribution in [3.8, 4) is 0 Å². The second-order valence-electron chi connectivity index (χ2n) is 8.15. The number of hydrogen-bond donors (Lipinski definition) is 0. The summed E-state index contributed by atoms with van der Waals surface area (Å²) in [5.74, 6) is 0.159. The number of amides is 1. The summed E-state index contributed by atoms with van der Waals surface area (Å²) < 4.78 is 0. The van der Waals surface area contributed by atoms with Crippen LogP contribution in [-0.4, -0.2) is 36.2 Å². The van der Waals surface area contributed by atoms with Crippen LogP contribution in [0, 0.1) is 0 Å². The second kappa shape index (κ2) is 12.6. The minimum Gasteiger partial charge on any atom is -0.342 e. The molecule has 172 valence electrons. The van der Waals surface area contributed by atoms with E-state index in [1.165, 1.54) is 21.2 Å². The van der Waals surface area contributed by atoms with Crippen LogP contribution >= 0.6 is 15.8 Å². The van der Waals surface area contributed by atoms with Gasteiger partial charge in [-0.05, 0) is 49.4 Å². The van der Waals surface area contributed by atoms with E-state index in [0.717, 1.165) is 25.4 Å². The molecule has 34 heavy (non-hydrogen) atoms. The third kappa shape index (κ3) is 6.63. The maximum absolute atomic E-state index is 12.7. The van der Waals surface area contributed by atoms with E-state index >= 15 is 0 Å². The molecule has 4 heteroatoms. The first-order valence-corrected chi connectivity index (χ1v) is 14.8. The van der Waals surface area contributed by atoms with E-state index < -0.39 is 15.8 Å². The molecule has 0 unspecified atom stereocenters. The van der Waals surface area contributed by atoms with Crippen molar-refractivity contribution in [2.45, 2.75) is 6.92 Å². The zero-order valence-corrected chi connectivity index (χ0v) is 21.4. The predicted octanol–water partition coefficient (Wildman–Crippen LogP) is 5.10. The highest BCUT2D eigenvalue weighted by atomic mass is 31.1. The van der Waals surface area contributed by atoms with Gasteiger partial charge in [-0.25, -0.2) is 0 Å². The zero-order valence-electron chi connectivity index (χ0n) is 19.6. The van der Waals surface area contributed by atoms with Crippen molar-refractivity contribution in [3.63, 3.8) is 0 Å². The molecule has 0 spiro atoms. The third-order valence-electron chi connectivity index (χ3n) is 5.90. The third-order valence-corrected chi connectivity index (χ3v) is 10.9. The number of nitrogens with zero attached hydrogens (tertiary/aromatic N) is 1. The molecule has 2 nitrogen and oxygen atoms in total. The Bertz CT molecular complexity index is 972. The molecule has 0 heterocycles. The highest BCUT2D eigenvalue weighted by Gasteiger charge is 2.19. The van der Waals surface area contributed by atoms with Gasteiger partial charge in [-0.3, -0.25) is 4.79 Å². The fourth-order valence-corrected chi connectivity index (χ4v) is 8.75. The summed E-state index contributed by atoms with van der Waals surface area (Å²) in [6.07, 6.45) is 1.94. The normalized spacial score (nSPS) is 11.0. The topological polar surface area (TPSA) is 20.3 Å². The first-order chi connectivity index (χ1) is 16.7. The number of carbonyl (C=O) groups excluding carboxylic acids is 1. The quantitative estimate of drug-likeness (QED) is 0.288. The maximum atomic E-state index is 12.7. The molecule has 0 saturated carbocycles. The molecular formula is C30H31NOP2. The molecule has 0 atom stereocenters. The lowest BCUT2D eigenvalue weighted by Crippen LogP contribution is -2.35. The monoisotopic (exact) mass is 483 g/mol. The van der Waals surface area contributed by atoms with Gasteiger partial charge in [0.1, 0.15) is 0 Å². The van der Waals surface area contributed by atoms with E-state index in [0.29, 0.717) is 0 Å². The Labute approximate surface area is 206 Å². The summed E-state index contributed by atoms with van der Waals surface area (Å²) in [5.41, 5.74) is 0. The van der Waals surface area contributed by atoms with Crippen LogP contribution in [0.3, 0.4) is 0 Å². The van der Waals surface area contributed by atoms with Gasteiger partial charge >= 0.3 is 0 Å². The van der Waals surface area contributed by atoms with E-state index in [1.807, 2.05) is 0 Å². The van der Waals surface area contributed by atoms with Crippen LogP contribution in [0.15, 0.2) is 121 Å². The van der Waals surface area contributed by atoms with E-state index in [2.05, 4.69) is 126 Å². The van der Waals surface area contributed by atoms with Gasteiger partial charge in [0.05, 0.1) is 0 Å². The summed E-state index contributed by atoms with van der Waals surface area (Å²) >= 11 is 0. The Morgan fingerprint density at radius 1 is 0.529 bits per heavy atom. The fourth-order valence-electron chi connectivity index (χ4n) is 4.11. The Kier molecular flexibility index (Phi) is 9.03. The number of benzene rings is 4. The highest BCUT2D eigenvalue weighted by Crippen LogP contribution is 2.35. The van der Waals surface area contributed by atoms with Crippen molar-refractivity contribution in [1.29, 1.82) is 0 Å². The van der Waals surface area contributed by atoms with Gasteiger partial charge in [0.25, 0.3) is 0 Å². The SMILES string of the molecule is CC(=O)N(CCP(c1ccccc1)c1ccccc1)CCP(c1ccccc1)c1ccccc1. The Balaban J connectivity index is 1.50. The molecule has 4 rings (SSSR count). The van der Waals surface area contributed by atoms with Crippen molar-refractivity contribution in [1.82, 2.24) is 4.90 Å². The lowest BCUT2D eigenvalue weighted by molar-refractivity contribution is -0.128. The molecule has 0 saturated heterocycles. The standard InChI is InChI=1S/C30H31NOP2/c1-26(32)31(22-24-33(27-14-6-2-7-15-27)28-16-8-3-9-17-28)23-25-34(29-18-10-4-11-19-29)30-20-12-5-13-21-30/h2-21H,22-25H2,1H3. The van der Waals surface area contributed by atoms with Crippen LogP contribution in [-0.2, 0) is 4.79 Å². The van der Waals surface area contributed by atoms with Crippen molar-refractivity contribution in [2.75, 3.05) is 25.4 Å². The minimum absolute atomic E-state index is 0.159. The van der Waals surface area contributed by atoms with Crippen LogP contribution in [0.25, 0.3) is 0 Å². The van der Waals surface area contributed by atoms with Gasteiger partial charge in [-0.2, -0.15) is 0 Å². The lowest BCUT2D eigenvalue weighted by Gasteiger charge is -2.27. The summed E-state index contributed by atoms with van der Waals surface area (Å²) in [5, 5.41) is 5.46. The average Bonchev–Trinajstić information content (AvgIpc) is 2.90. The van der Waals surface area contributed by atoms with E-state index in [1.54, 1.807) is 6.92 Å². The number of hydrogen-bond acceptors (Lipinski definition) is 1. The molecule has 0 aliphatic rings. The minimum atomic E-state index is -0.510. The van der Waals surface area contributed by atoms with Crippen molar-refractivity contribution >= 4 is 43.0 Å². The van der Waals surface area contributed by atoms with Gasteiger partial charge in [0.2, 0.25) is 5.91 Å². The molecule has 0 N–H and O–H groups in total. The highest BCUT2D eigenvalue weighted by molar-refractivity contribution is 7.73. The largest absolute Gasteiger partial charge is 0.342 e. The van der Waals surface area contributed by atoms with Gasteiger partial charge in [0, 0.05) is 20.0 Å². The van der Waals surface area contributed by atoms with Crippen LogP contribution in [0.1, 0.15) is 6.92 Å². The Hall–Kier alpha value is -2.79. The molecule has 0 aliphatic heterocycles. The van der Waals surface area contributed by atoms with Crippen molar-refractivity contribution in [2.24, 2.45) is 0 Å². The van der Waals surface area contributed by atoms with Gasteiger partial charge in [0.15, 0.2) is 0 Å². The fraction of sp³-hybridized carbons (Fsp3) is 0.167. The first kappa shape index (κ1) is 24.3. The zero-order chi connectivity index (χ0) is 23.6. The van der Waals surface area contributed by atoms with Crippen molar-refractivity contribution < 1.29 is 4.79 Å². The Morgan fingerprint density at radius 2 is 0.794 bits per heavy atom.